The lowest BCUT2D eigenvalue weighted by Crippen LogP contribution is -2.54. The summed E-state index contributed by atoms with van der Waals surface area (Å²) in [5.41, 5.74) is 2.69. The Hall–Kier alpha value is -4.33. The number of carbonyl (C=O) groups excluding carboxylic acids is 3. The Balaban J connectivity index is 1.59. The number of aryl methyl sites for hydroxylation is 2. The van der Waals surface area contributed by atoms with E-state index < -0.39 is 17.7 Å². The van der Waals surface area contributed by atoms with Crippen LogP contribution in [0.3, 0.4) is 0 Å². The number of fused-ring (bicyclic) bond motifs is 1. The number of hydrogen-bond acceptors (Lipinski definition) is 6. The van der Waals surface area contributed by atoms with Crippen molar-refractivity contribution in [2.75, 3.05) is 25.1 Å². The van der Waals surface area contributed by atoms with Crippen LogP contribution in [0.5, 0.6) is 5.75 Å². The van der Waals surface area contributed by atoms with Crippen LogP contribution in [-0.4, -0.2) is 38.2 Å². The molecule has 2 amide bonds. The van der Waals surface area contributed by atoms with Crippen molar-refractivity contribution in [1.29, 1.82) is 0 Å². The summed E-state index contributed by atoms with van der Waals surface area (Å²) in [5, 5.41) is 2.70. The second-order valence-electron chi connectivity index (χ2n) is 9.08. The number of rotatable bonds is 7. The van der Waals surface area contributed by atoms with Gasteiger partial charge in [0.1, 0.15) is 12.4 Å². The van der Waals surface area contributed by atoms with Crippen molar-refractivity contribution < 1.29 is 28.6 Å². The minimum absolute atomic E-state index is 0.129. The van der Waals surface area contributed by atoms with Gasteiger partial charge in [0, 0.05) is 18.7 Å². The molecule has 1 aliphatic rings. The zero-order valence-corrected chi connectivity index (χ0v) is 21.4. The van der Waals surface area contributed by atoms with Gasteiger partial charge in [-0.3, -0.25) is 4.79 Å². The van der Waals surface area contributed by atoms with Crippen molar-refractivity contribution in [1.82, 2.24) is 5.32 Å². The van der Waals surface area contributed by atoms with Gasteiger partial charge in [-0.2, -0.15) is 0 Å². The molecule has 1 unspecified atom stereocenters. The number of ether oxygens (including phenoxy) is 3. The maximum absolute atomic E-state index is 13.9. The number of nitrogens with one attached hydrogen (secondary N) is 1. The summed E-state index contributed by atoms with van der Waals surface area (Å²) in [5.74, 6) is -0.368. The van der Waals surface area contributed by atoms with Crippen LogP contribution in [0.15, 0.2) is 66.7 Å². The average molecular weight is 503 g/mol. The molecule has 192 valence electrons. The maximum Gasteiger partial charge on any atom is 0.407 e. The van der Waals surface area contributed by atoms with Crippen molar-refractivity contribution in [2.45, 2.75) is 33.0 Å². The van der Waals surface area contributed by atoms with Crippen LogP contribution in [-0.2, 0) is 26.5 Å². The van der Waals surface area contributed by atoms with Crippen LogP contribution in [0, 0.1) is 13.8 Å². The first kappa shape index (κ1) is 25.8. The molecule has 1 heterocycles. The average Bonchev–Trinajstić information content (AvgIpc) is 2.89. The Morgan fingerprint density at radius 2 is 1.78 bits per heavy atom. The van der Waals surface area contributed by atoms with Gasteiger partial charge in [0.05, 0.1) is 18.4 Å². The number of methoxy groups -OCH3 is 1. The van der Waals surface area contributed by atoms with Gasteiger partial charge >= 0.3 is 12.1 Å². The molecule has 0 radical (unpaired) electrons. The predicted octanol–water partition coefficient (Wildman–Crippen LogP) is 4.66. The first-order chi connectivity index (χ1) is 17.7. The molecular weight excluding hydrogens is 472 g/mol. The third kappa shape index (κ3) is 5.43. The predicted molar refractivity (Wildman–Crippen MR) is 139 cm³/mol. The lowest BCUT2D eigenvalue weighted by molar-refractivity contribution is -0.135. The molecule has 8 heteroatoms. The minimum atomic E-state index is -1.30. The van der Waals surface area contributed by atoms with E-state index in [1.165, 1.54) is 12.0 Å². The fourth-order valence-corrected chi connectivity index (χ4v) is 4.31. The standard InChI is InChI=1S/C29H30N2O6/c1-19-9-8-12-22(15-19)29(3)27(33)31(14-13-30-28(34)36-18-21-10-6-5-7-11-21)24-17-23(26(32)35-4)20(2)16-25(24)37-29/h5-12,15-17H,13-14,18H2,1-4H3,(H,30,34). The second kappa shape index (κ2) is 10.7. The van der Waals surface area contributed by atoms with Gasteiger partial charge in [-0.1, -0.05) is 60.2 Å². The first-order valence-corrected chi connectivity index (χ1v) is 12.0. The molecule has 3 aromatic carbocycles. The van der Waals surface area contributed by atoms with Gasteiger partial charge in [0.2, 0.25) is 5.60 Å². The molecule has 8 nitrogen and oxygen atoms in total. The fraction of sp³-hybridized carbons (Fsp3) is 0.276. The Morgan fingerprint density at radius 3 is 2.49 bits per heavy atom. The minimum Gasteiger partial charge on any atom is -0.471 e. The highest BCUT2D eigenvalue weighted by Crippen LogP contribution is 2.43. The number of anilines is 1. The van der Waals surface area contributed by atoms with Crippen LogP contribution >= 0.6 is 0 Å². The van der Waals surface area contributed by atoms with E-state index in [2.05, 4.69) is 5.32 Å². The molecule has 0 bridgehead atoms. The van der Waals surface area contributed by atoms with E-state index in [0.29, 0.717) is 28.1 Å². The number of carbonyl (C=O) groups is 3. The Kier molecular flexibility index (Phi) is 7.47. The molecule has 1 aliphatic heterocycles. The quantitative estimate of drug-likeness (QED) is 0.473. The molecule has 0 fully saturated rings. The third-order valence-corrected chi connectivity index (χ3v) is 6.36. The molecule has 0 spiro atoms. The molecule has 1 N–H and O–H groups in total. The number of benzene rings is 3. The summed E-state index contributed by atoms with van der Waals surface area (Å²) in [6.07, 6.45) is -0.592. The molecular formula is C29H30N2O6. The first-order valence-electron chi connectivity index (χ1n) is 12.0. The van der Waals surface area contributed by atoms with E-state index in [1.807, 2.05) is 61.5 Å². The summed E-state index contributed by atoms with van der Waals surface area (Å²) < 4.78 is 16.5. The summed E-state index contributed by atoms with van der Waals surface area (Å²) in [6.45, 7) is 5.86. The third-order valence-electron chi connectivity index (χ3n) is 6.36. The summed E-state index contributed by atoms with van der Waals surface area (Å²) >= 11 is 0. The van der Waals surface area contributed by atoms with Crippen molar-refractivity contribution in [2.24, 2.45) is 0 Å². The van der Waals surface area contributed by atoms with E-state index >= 15 is 0 Å². The molecule has 3 aromatic rings. The zero-order valence-electron chi connectivity index (χ0n) is 21.4. The molecule has 37 heavy (non-hydrogen) atoms. The van der Waals surface area contributed by atoms with Gasteiger partial charge in [-0.25, -0.2) is 9.59 Å². The topological polar surface area (TPSA) is 94.2 Å². The molecule has 0 saturated carbocycles. The molecule has 0 aliphatic carbocycles. The van der Waals surface area contributed by atoms with Crippen LogP contribution in [0.2, 0.25) is 0 Å². The van der Waals surface area contributed by atoms with E-state index in [1.54, 1.807) is 26.0 Å². The van der Waals surface area contributed by atoms with Crippen LogP contribution in [0.25, 0.3) is 0 Å². The summed E-state index contributed by atoms with van der Waals surface area (Å²) in [6, 6.07) is 20.3. The number of hydrogen-bond donors (Lipinski definition) is 1. The Morgan fingerprint density at radius 1 is 1.03 bits per heavy atom. The number of alkyl carbamates (subject to hydrolysis) is 1. The van der Waals surface area contributed by atoms with Gasteiger partial charge in [0.15, 0.2) is 0 Å². The van der Waals surface area contributed by atoms with Crippen LogP contribution in [0.4, 0.5) is 10.5 Å². The van der Waals surface area contributed by atoms with E-state index in [0.717, 1.165) is 11.1 Å². The molecule has 0 aromatic heterocycles. The lowest BCUT2D eigenvalue weighted by atomic mass is 9.90. The maximum atomic E-state index is 13.9. The highest BCUT2D eigenvalue weighted by Gasteiger charge is 2.46. The van der Waals surface area contributed by atoms with E-state index in [4.69, 9.17) is 14.2 Å². The molecule has 4 rings (SSSR count). The molecule has 1 atom stereocenters. The van der Waals surface area contributed by atoms with E-state index in [9.17, 15) is 14.4 Å². The van der Waals surface area contributed by atoms with Crippen LogP contribution in [0.1, 0.15) is 39.5 Å². The van der Waals surface area contributed by atoms with Crippen molar-refractivity contribution in [3.63, 3.8) is 0 Å². The largest absolute Gasteiger partial charge is 0.471 e. The number of nitrogens with zero attached hydrogens (tertiary/aromatic N) is 1. The zero-order chi connectivity index (χ0) is 26.6. The monoisotopic (exact) mass is 502 g/mol. The van der Waals surface area contributed by atoms with Gasteiger partial charge in [-0.05, 0) is 44.0 Å². The molecule has 0 saturated heterocycles. The van der Waals surface area contributed by atoms with Crippen molar-refractivity contribution in [3.05, 3.63) is 94.5 Å². The summed E-state index contributed by atoms with van der Waals surface area (Å²) in [4.78, 5) is 40.0. The van der Waals surface area contributed by atoms with E-state index in [-0.39, 0.29) is 25.6 Å². The summed E-state index contributed by atoms with van der Waals surface area (Å²) in [7, 11) is 1.31. The highest BCUT2D eigenvalue weighted by molar-refractivity contribution is 6.04. The van der Waals surface area contributed by atoms with Crippen molar-refractivity contribution in [3.8, 4) is 5.75 Å². The normalized spacial score (nSPS) is 16.4. The number of amides is 2. The smallest absolute Gasteiger partial charge is 0.407 e. The van der Waals surface area contributed by atoms with Gasteiger partial charge in [-0.15, -0.1) is 0 Å². The Bertz CT molecular complexity index is 1320. The van der Waals surface area contributed by atoms with Crippen LogP contribution < -0.4 is 15.0 Å². The number of esters is 1. The highest BCUT2D eigenvalue weighted by atomic mass is 16.5. The van der Waals surface area contributed by atoms with Crippen molar-refractivity contribution >= 4 is 23.7 Å². The SMILES string of the molecule is COC(=O)c1cc2c(cc1C)OC(C)(c1cccc(C)c1)C(=O)N2CCNC(=O)OCc1ccccc1. The second-order valence-corrected chi connectivity index (χ2v) is 9.08. The Labute approximate surface area is 216 Å². The van der Waals surface area contributed by atoms with Gasteiger partial charge < -0.3 is 24.4 Å². The fourth-order valence-electron chi connectivity index (χ4n) is 4.31. The lowest BCUT2D eigenvalue weighted by Gasteiger charge is -2.41. The van der Waals surface area contributed by atoms with Gasteiger partial charge in [0.25, 0.3) is 5.91 Å².